The van der Waals surface area contributed by atoms with E-state index in [0.717, 1.165) is 73.7 Å². The van der Waals surface area contributed by atoms with Crippen LogP contribution in [0, 0.1) is 35.4 Å². The lowest BCUT2D eigenvalue weighted by Gasteiger charge is -2.34. The lowest BCUT2D eigenvalue weighted by atomic mass is 9.93. The molecule has 4 atom stereocenters. The molecule has 0 amide bonds. The summed E-state index contributed by atoms with van der Waals surface area (Å²) in [5.74, 6) is 4.79. The van der Waals surface area contributed by atoms with E-state index in [1.165, 1.54) is 32.4 Å². The standard InChI is InChI=1S/C38H40FN5O2/c1-2-23-5-3-6-24-15-29(45)16-32(33(23)24)30-11-12-31-35(34(30)39)41-37(42-36(31)44-19-27-9-10-28(20-44)40-27)46-22-38(13-14-38)21-43-17-25-7-4-8-26(25)18-43/h1,3,5-6,11-12,15-16,25-28,40,45H,4,7-10,13-14,17-22H2. The quantitative estimate of drug-likeness (QED) is 0.243. The Morgan fingerprint density at radius 1 is 0.978 bits per heavy atom. The van der Waals surface area contributed by atoms with E-state index in [2.05, 4.69) is 21.0 Å². The minimum atomic E-state index is -0.465. The molecule has 0 radical (unpaired) electrons. The number of ether oxygens (including phenoxy) is 1. The van der Waals surface area contributed by atoms with Crippen LogP contribution in [-0.4, -0.2) is 71.4 Å². The van der Waals surface area contributed by atoms with E-state index < -0.39 is 5.82 Å². The Morgan fingerprint density at radius 3 is 2.50 bits per heavy atom. The molecule has 3 saturated heterocycles. The van der Waals surface area contributed by atoms with Crippen LogP contribution in [0.3, 0.4) is 0 Å². The second-order valence-corrected chi connectivity index (χ2v) is 14.7. The van der Waals surface area contributed by atoms with Gasteiger partial charge in [-0.15, -0.1) is 6.42 Å². The smallest absolute Gasteiger partial charge is 0.319 e. The number of aromatic nitrogens is 2. The first-order chi connectivity index (χ1) is 22.4. The van der Waals surface area contributed by atoms with Gasteiger partial charge in [-0.2, -0.15) is 9.97 Å². The number of hydrogen-bond donors (Lipinski definition) is 2. The zero-order valence-corrected chi connectivity index (χ0v) is 26.1. The molecule has 3 aliphatic heterocycles. The molecule has 5 aliphatic rings. The van der Waals surface area contributed by atoms with Crippen molar-refractivity contribution in [3.63, 3.8) is 0 Å². The molecule has 7 nitrogen and oxygen atoms in total. The lowest BCUT2D eigenvalue weighted by Crippen LogP contribution is -2.51. The normalized spacial score (nSPS) is 26.5. The van der Waals surface area contributed by atoms with Crippen molar-refractivity contribution in [2.45, 2.75) is 57.0 Å². The number of benzene rings is 3. The predicted molar refractivity (Wildman–Crippen MR) is 179 cm³/mol. The summed E-state index contributed by atoms with van der Waals surface area (Å²) in [4.78, 5) is 14.7. The maximum atomic E-state index is 16.9. The summed E-state index contributed by atoms with van der Waals surface area (Å²) < 4.78 is 23.3. The van der Waals surface area contributed by atoms with Gasteiger partial charge in [-0.1, -0.05) is 30.5 Å². The number of anilines is 1. The molecule has 1 aromatic heterocycles. The highest BCUT2D eigenvalue weighted by molar-refractivity contribution is 6.04. The third-order valence-corrected chi connectivity index (χ3v) is 11.5. The molecule has 2 N–H and O–H groups in total. The van der Waals surface area contributed by atoms with Crippen LogP contribution >= 0.6 is 0 Å². The minimum absolute atomic E-state index is 0.0521. The molecular formula is C38H40FN5O2. The summed E-state index contributed by atoms with van der Waals surface area (Å²) in [7, 11) is 0. The fourth-order valence-corrected chi connectivity index (χ4v) is 9.03. The molecule has 8 heteroatoms. The minimum Gasteiger partial charge on any atom is -0.508 e. The molecule has 236 valence electrons. The van der Waals surface area contributed by atoms with E-state index in [9.17, 15) is 5.11 Å². The molecule has 4 aromatic rings. The van der Waals surface area contributed by atoms with Gasteiger partial charge >= 0.3 is 6.01 Å². The van der Waals surface area contributed by atoms with Crippen molar-refractivity contribution in [1.29, 1.82) is 0 Å². The van der Waals surface area contributed by atoms with Crippen LogP contribution in [-0.2, 0) is 0 Å². The third-order valence-electron chi connectivity index (χ3n) is 11.5. The van der Waals surface area contributed by atoms with Crippen LogP contribution in [0.25, 0.3) is 32.8 Å². The van der Waals surface area contributed by atoms with E-state index in [4.69, 9.17) is 21.1 Å². The first-order valence-corrected chi connectivity index (χ1v) is 17.0. The van der Waals surface area contributed by atoms with Crippen LogP contribution in [0.4, 0.5) is 10.2 Å². The van der Waals surface area contributed by atoms with Gasteiger partial charge in [0.15, 0.2) is 5.82 Å². The molecular weight excluding hydrogens is 577 g/mol. The van der Waals surface area contributed by atoms with Crippen LogP contribution in [0.5, 0.6) is 11.8 Å². The summed E-state index contributed by atoms with van der Waals surface area (Å²) in [6.07, 6.45) is 14.6. The Balaban J connectivity index is 1.10. The summed E-state index contributed by atoms with van der Waals surface area (Å²) in [5.41, 5.74) is 1.88. The first kappa shape index (κ1) is 28.3. The number of terminal acetylenes is 1. The Kier molecular flexibility index (Phi) is 6.66. The fraction of sp³-hybridized carbons (Fsp3) is 0.474. The zero-order valence-electron chi connectivity index (χ0n) is 26.1. The zero-order chi connectivity index (χ0) is 31.0. The largest absolute Gasteiger partial charge is 0.508 e. The lowest BCUT2D eigenvalue weighted by molar-refractivity contribution is 0.165. The average molecular weight is 618 g/mol. The van der Waals surface area contributed by atoms with Crippen molar-refractivity contribution in [2.24, 2.45) is 17.3 Å². The van der Waals surface area contributed by atoms with Gasteiger partial charge in [0.2, 0.25) is 0 Å². The monoisotopic (exact) mass is 617 g/mol. The summed E-state index contributed by atoms with van der Waals surface area (Å²) in [6.45, 7) is 5.66. The van der Waals surface area contributed by atoms with Crippen LogP contribution in [0.1, 0.15) is 50.5 Å². The Hall–Kier alpha value is -3.93. The number of phenolic OH excluding ortho intramolecular Hbond substituents is 1. The second kappa shape index (κ2) is 10.8. The van der Waals surface area contributed by atoms with Gasteiger partial charge in [-0.3, -0.25) is 0 Å². The number of halogens is 1. The average Bonchev–Trinajstić information content (AvgIpc) is 3.30. The number of fused-ring (bicyclic) bond motifs is 5. The molecule has 0 spiro atoms. The van der Waals surface area contributed by atoms with Crippen molar-refractivity contribution < 1.29 is 14.2 Å². The Bertz CT molecular complexity index is 1880. The number of likely N-dealkylation sites (tertiary alicyclic amines) is 1. The van der Waals surface area contributed by atoms with Gasteiger partial charge in [0, 0.05) is 72.1 Å². The van der Waals surface area contributed by atoms with Crippen molar-refractivity contribution in [1.82, 2.24) is 20.2 Å². The Labute approximate surface area is 269 Å². The van der Waals surface area contributed by atoms with Gasteiger partial charge in [-0.05, 0) is 85.6 Å². The molecule has 2 saturated carbocycles. The number of hydrogen-bond acceptors (Lipinski definition) is 7. The van der Waals surface area contributed by atoms with E-state index >= 15 is 4.39 Å². The molecule has 2 aliphatic carbocycles. The number of aromatic hydroxyl groups is 1. The van der Waals surface area contributed by atoms with Gasteiger partial charge < -0.3 is 25.0 Å². The Morgan fingerprint density at radius 2 is 1.76 bits per heavy atom. The maximum Gasteiger partial charge on any atom is 0.319 e. The summed E-state index contributed by atoms with van der Waals surface area (Å²) >= 11 is 0. The van der Waals surface area contributed by atoms with E-state index in [1.807, 2.05) is 24.3 Å². The van der Waals surface area contributed by atoms with E-state index in [1.54, 1.807) is 18.2 Å². The van der Waals surface area contributed by atoms with E-state index in [-0.39, 0.29) is 22.7 Å². The second-order valence-electron chi connectivity index (χ2n) is 14.7. The maximum absolute atomic E-state index is 16.9. The van der Waals surface area contributed by atoms with Crippen molar-refractivity contribution in [2.75, 3.05) is 44.2 Å². The number of nitrogens with one attached hydrogen (secondary N) is 1. The molecule has 2 bridgehead atoms. The molecule has 3 aromatic carbocycles. The van der Waals surface area contributed by atoms with Crippen molar-refractivity contribution >= 4 is 27.5 Å². The van der Waals surface area contributed by atoms with Gasteiger partial charge in [0.25, 0.3) is 0 Å². The molecule has 5 fully saturated rings. The number of piperazine rings is 1. The molecule has 4 unspecified atom stereocenters. The predicted octanol–water partition coefficient (Wildman–Crippen LogP) is 6.11. The van der Waals surface area contributed by atoms with Crippen LogP contribution < -0.4 is 15.0 Å². The van der Waals surface area contributed by atoms with Gasteiger partial charge in [-0.25, -0.2) is 4.39 Å². The number of nitrogens with zero attached hydrogens (tertiary/aromatic N) is 4. The molecule has 9 rings (SSSR count). The van der Waals surface area contributed by atoms with Crippen LogP contribution in [0.2, 0.25) is 0 Å². The van der Waals surface area contributed by atoms with Gasteiger partial charge in [0.05, 0.1) is 6.61 Å². The first-order valence-electron chi connectivity index (χ1n) is 17.0. The highest BCUT2D eigenvalue weighted by atomic mass is 19.1. The highest BCUT2D eigenvalue weighted by Gasteiger charge is 2.47. The third kappa shape index (κ3) is 4.87. The molecule has 46 heavy (non-hydrogen) atoms. The summed E-state index contributed by atoms with van der Waals surface area (Å²) in [6, 6.07) is 13.5. The van der Waals surface area contributed by atoms with Crippen molar-refractivity contribution in [3.8, 4) is 35.2 Å². The van der Waals surface area contributed by atoms with Gasteiger partial charge in [0.1, 0.15) is 17.1 Å². The van der Waals surface area contributed by atoms with Crippen molar-refractivity contribution in [3.05, 3.63) is 53.8 Å². The van der Waals surface area contributed by atoms with E-state index in [0.29, 0.717) is 40.8 Å². The highest BCUT2D eigenvalue weighted by Crippen LogP contribution is 2.49. The topological polar surface area (TPSA) is 73.8 Å². The van der Waals surface area contributed by atoms with Crippen LogP contribution in [0.15, 0.2) is 42.5 Å². The fourth-order valence-electron chi connectivity index (χ4n) is 9.03. The number of phenols is 1. The summed E-state index contributed by atoms with van der Waals surface area (Å²) in [5, 5.41) is 16.5. The number of rotatable bonds is 7. The molecule has 4 heterocycles. The SMILES string of the molecule is C#Cc1cccc2cc(O)cc(-c3ccc4c(N5CC6CCC(C5)N6)nc(OCC5(CN6CC7CCCC7C6)CC5)nc4c3F)c12.